The first-order valence-electron chi connectivity index (χ1n) is 8.81. The number of nitrogens with zero attached hydrogens (tertiary/aromatic N) is 2. The van der Waals surface area contributed by atoms with Crippen molar-refractivity contribution in [2.24, 2.45) is 11.8 Å². The zero-order valence-corrected chi connectivity index (χ0v) is 13.2. The first kappa shape index (κ1) is 13.1. The number of hydrogen-bond donors (Lipinski definition) is 1. The van der Waals surface area contributed by atoms with Crippen LogP contribution in [0.1, 0.15) is 49.7 Å². The molecule has 0 radical (unpaired) electrons. The molecule has 3 aliphatic rings. The van der Waals surface area contributed by atoms with Crippen LogP contribution in [0.3, 0.4) is 0 Å². The van der Waals surface area contributed by atoms with E-state index in [2.05, 4.69) is 40.7 Å². The average molecular weight is 296 g/mol. The molecule has 4 unspecified atom stereocenters. The topological polar surface area (TPSA) is 28.4 Å². The van der Waals surface area contributed by atoms with Gasteiger partial charge in [0.25, 0.3) is 0 Å². The van der Waals surface area contributed by atoms with Gasteiger partial charge in [0.05, 0.1) is 11.6 Å². The van der Waals surface area contributed by atoms with Crippen molar-refractivity contribution in [1.29, 1.82) is 0 Å². The Bertz CT molecular complexity index is 734. The largest absolute Gasteiger partial charge is 0.373 e. The molecule has 1 fully saturated rings. The van der Waals surface area contributed by atoms with Gasteiger partial charge >= 0.3 is 0 Å². The highest BCUT2D eigenvalue weighted by Crippen LogP contribution is 2.52. The lowest BCUT2D eigenvalue weighted by atomic mass is 9.74. The van der Waals surface area contributed by atoms with E-state index in [4.69, 9.17) is 0 Å². The van der Waals surface area contributed by atoms with E-state index < -0.39 is 0 Å². The lowest BCUT2D eigenvalue weighted by molar-refractivity contribution is -0.0324. The summed E-state index contributed by atoms with van der Waals surface area (Å²) in [6.45, 7) is 4.75. The first-order chi connectivity index (χ1) is 10.8. The summed E-state index contributed by atoms with van der Waals surface area (Å²) in [5.41, 5.74) is 4.18. The SMILES string of the molecule is CCC1CC2CC(O)n3c4c(c5ccccc53)CCN(C1)C42. The Balaban J connectivity index is 1.74. The zero-order valence-electron chi connectivity index (χ0n) is 13.2. The minimum Gasteiger partial charge on any atom is -0.373 e. The molecule has 1 aromatic carbocycles. The maximum atomic E-state index is 10.8. The molecule has 0 aliphatic carbocycles. The van der Waals surface area contributed by atoms with Crippen LogP contribution in [0.25, 0.3) is 10.9 Å². The van der Waals surface area contributed by atoms with Crippen LogP contribution < -0.4 is 0 Å². The highest BCUT2D eigenvalue weighted by atomic mass is 16.3. The van der Waals surface area contributed by atoms with E-state index in [0.29, 0.717) is 12.0 Å². The van der Waals surface area contributed by atoms with Crippen molar-refractivity contribution >= 4 is 10.9 Å². The standard InChI is InChI=1S/C19H24N2O/c1-2-12-9-13-10-17(22)21-16-6-4-3-5-14(16)15-7-8-20(11-12)18(13)19(15)21/h3-6,12-13,17-18,22H,2,7-11H2,1H3. The number of para-hydroxylation sites is 1. The predicted molar refractivity (Wildman–Crippen MR) is 87.7 cm³/mol. The fourth-order valence-corrected chi connectivity index (χ4v) is 5.41. The van der Waals surface area contributed by atoms with Crippen LogP contribution in [-0.2, 0) is 6.42 Å². The number of rotatable bonds is 1. The molecule has 3 aliphatic heterocycles. The van der Waals surface area contributed by atoms with Crippen LogP contribution in [0.2, 0.25) is 0 Å². The van der Waals surface area contributed by atoms with E-state index in [0.717, 1.165) is 18.8 Å². The fraction of sp³-hybridized carbons (Fsp3) is 0.579. The van der Waals surface area contributed by atoms with Crippen molar-refractivity contribution in [1.82, 2.24) is 9.47 Å². The van der Waals surface area contributed by atoms with Crippen LogP contribution in [-0.4, -0.2) is 27.7 Å². The van der Waals surface area contributed by atoms with E-state index >= 15 is 0 Å². The van der Waals surface area contributed by atoms with Gasteiger partial charge in [-0.05, 0) is 42.7 Å². The van der Waals surface area contributed by atoms with Crippen molar-refractivity contribution in [2.45, 2.75) is 44.9 Å². The number of fused-ring (bicyclic) bond motifs is 3. The van der Waals surface area contributed by atoms with Gasteiger partial charge in [-0.25, -0.2) is 0 Å². The number of benzene rings is 1. The number of aromatic nitrogens is 1. The second-order valence-corrected chi connectivity index (χ2v) is 7.43. The molecule has 0 saturated carbocycles. The van der Waals surface area contributed by atoms with Gasteiger partial charge in [0.1, 0.15) is 6.23 Å². The predicted octanol–water partition coefficient (Wildman–Crippen LogP) is 3.48. The van der Waals surface area contributed by atoms with Gasteiger partial charge in [0, 0.05) is 24.2 Å². The summed E-state index contributed by atoms with van der Waals surface area (Å²) in [4.78, 5) is 2.71. The number of piperidine rings is 1. The second-order valence-electron chi connectivity index (χ2n) is 7.43. The zero-order chi connectivity index (χ0) is 14.8. The molecule has 0 bridgehead atoms. The maximum Gasteiger partial charge on any atom is 0.131 e. The molecular formula is C19H24N2O. The van der Waals surface area contributed by atoms with Crippen molar-refractivity contribution in [3.05, 3.63) is 35.5 Å². The van der Waals surface area contributed by atoms with Crippen molar-refractivity contribution < 1.29 is 5.11 Å². The number of hydrogen-bond acceptors (Lipinski definition) is 2. The van der Waals surface area contributed by atoms with Crippen LogP contribution in [0.15, 0.2) is 24.3 Å². The molecule has 116 valence electrons. The molecule has 4 atom stereocenters. The molecule has 4 heterocycles. The molecule has 5 rings (SSSR count). The van der Waals surface area contributed by atoms with Gasteiger partial charge < -0.3 is 9.67 Å². The van der Waals surface area contributed by atoms with Gasteiger partial charge in [-0.2, -0.15) is 0 Å². The van der Waals surface area contributed by atoms with Crippen molar-refractivity contribution in [3.63, 3.8) is 0 Å². The van der Waals surface area contributed by atoms with E-state index in [-0.39, 0.29) is 6.23 Å². The average Bonchev–Trinajstić information content (AvgIpc) is 2.89. The molecule has 1 aromatic heterocycles. The molecule has 1 saturated heterocycles. The van der Waals surface area contributed by atoms with Crippen LogP contribution in [0, 0.1) is 11.8 Å². The monoisotopic (exact) mass is 296 g/mol. The third-order valence-corrected chi connectivity index (χ3v) is 6.34. The molecular weight excluding hydrogens is 272 g/mol. The molecule has 0 spiro atoms. The Hall–Kier alpha value is -1.32. The summed E-state index contributed by atoms with van der Waals surface area (Å²) in [7, 11) is 0. The smallest absolute Gasteiger partial charge is 0.131 e. The van der Waals surface area contributed by atoms with Gasteiger partial charge in [0.15, 0.2) is 0 Å². The van der Waals surface area contributed by atoms with Gasteiger partial charge in [-0.3, -0.25) is 4.90 Å². The second kappa shape index (κ2) is 4.59. The van der Waals surface area contributed by atoms with Gasteiger partial charge in [-0.15, -0.1) is 0 Å². The lowest BCUT2D eigenvalue weighted by Crippen LogP contribution is -2.49. The molecule has 3 heteroatoms. The molecule has 0 amide bonds. The molecule has 3 nitrogen and oxygen atoms in total. The van der Waals surface area contributed by atoms with Crippen LogP contribution >= 0.6 is 0 Å². The summed E-state index contributed by atoms with van der Waals surface area (Å²) in [5, 5.41) is 12.2. The molecule has 1 N–H and O–H groups in total. The van der Waals surface area contributed by atoms with E-state index in [1.54, 1.807) is 0 Å². The normalized spacial score (nSPS) is 33.9. The molecule has 2 aromatic rings. The number of aliphatic hydroxyl groups is 1. The van der Waals surface area contributed by atoms with Crippen molar-refractivity contribution in [2.75, 3.05) is 13.1 Å². The minimum absolute atomic E-state index is 0.342. The Morgan fingerprint density at radius 3 is 2.95 bits per heavy atom. The summed E-state index contributed by atoms with van der Waals surface area (Å²) in [6, 6.07) is 9.20. The first-order valence-corrected chi connectivity index (χ1v) is 8.81. The lowest BCUT2D eigenvalue weighted by Gasteiger charge is -2.51. The Kier molecular flexibility index (Phi) is 2.74. The van der Waals surface area contributed by atoms with Crippen molar-refractivity contribution in [3.8, 4) is 0 Å². The Morgan fingerprint density at radius 2 is 2.09 bits per heavy atom. The van der Waals surface area contributed by atoms with Gasteiger partial charge in [-0.1, -0.05) is 31.5 Å². The minimum atomic E-state index is -0.342. The summed E-state index contributed by atoms with van der Waals surface area (Å²) >= 11 is 0. The van der Waals surface area contributed by atoms with E-state index in [1.807, 2.05) is 0 Å². The van der Waals surface area contributed by atoms with Gasteiger partial charge in [0.2, 0.25) is 0 Å². The highest BCUT2D eigenvalue weighted by molar-refractivity contribution is 5.86. The third-order valence-electron chi connectivity index (χ3n) is 6.34. The number of aliphatic hydroxyl groups excluding tert-OH is 1. The maximum absolute atomic E-state index is 10.8. The third kappa shape index (κ3) is 1.59. The fourth-order valence-electron chi connectivity index (χ4n) is 5.41. The summed E-state index contributed by atoms with van der Waals surface area (Å²) in [5.74, 6) is 1.44. The summed E-state index contributed by atoms with van der Waals surface area (Å²) < 4.78 is 2.25. The van der Waals surface area contributed by atoms with E-state index in [1.165, 1.54) is 48.1 Å². The quantitative estimate of drug-likeness (QED) is 0.872. The Labute approximate surface area is 131 Å². The summed E-state index contributed by atoms with van der Waals surface area (Å²) in [6.07, 6.45) is 4.27. The Morgan fingerprint density at radius 1 is 1.23 bits per heavy atom. The highest BCUT2D eigenvalue weighted by Gasteiger charge is 2.46. The van der Waals surface area contributed by atoms with Crippen LogP contribution in [0.5, 0.6) is 0 Å². The molecule has 22 heavy (non-hydrogen) atoms. The van der Waals surface area contributed by atoms with E-state index in [9.17, 15) is 5.11 Å². The van der Waals surface area contributed by atoms with Crippen LogP contribution in [0.4, 0.5) is 0 Å².